The van der Waals surface area contributed by atoms with Crippen molar-refractivity contribution in [2.75, 3.05) is 32.7 Å². The first-order chi connectivity index (χ1) is 9.60. The Kier molecular flexibility index (Phi) is 5.82. The summed E-state index contributed by atoms with van der Waals surface area (Å²) in [4.78, 5) is 25.5. The molecule has 0 radical (unpaired) electrons. The van der Waals surface area contributed by atoms with Gasteiger partial charge in [0.15, 0.2) is 0 Å². The lowest BCUT2D eigenvalue weighted by atomic mass is 10.1. The summed E-state index contributed by atoms with van der Waals surface area (Å²) in [6.45, 7) is 2.87. The van der Waals surface area contributed by atoms with Gasteiger partial charge in [0.2, 0.25) is 0 Å². The van der Waals surface area contributed by atoms with Crippen LogP contribution < -0.4 is 5.32 Å². The van der Waals surface area contributed by atoms with Gasteiger partial charge in [-0.25, -0.2) is 9.59 Å². The molecular weight excluding hydrogens is 291 g/mol. The van der Waals surface area contributed by atoms with Crippen LogP contribution in [0.25, 0.3) is 0 Å². The minimum atomic E-state index is -4.25. The maximum absolute atomic E-state index is 12.2. The van der Waals surface area contributed by atoms with Gasteiger partial charge in [-0.05, 0) is 5.92 Å². The van der Waals surface area contributed by atoms with Crippen molar-refractivity contribution in [3.63, 3.8) is 0 Å². The van der Waals surface area contributed by atoms with Crippen LogP contribution in [0.1, 0.15) is 13.8 Å². The largest absolute Gasteiger partial charge is 0.480 e. The van der Waals surface area contributed by atoms with Gasteiger partial charge in [0.1, 0.15) is 6.04 Å². The molecule has 1 unspecified atom stereocenters. The molecule has 1 rings (SSSR count). The molecule has 0 aromatic carbocycles. The van der Waals surface area contributed by atoms with Crippen molar-refractivity contribution in [1.82, 2.24) is 15.1 Å². The number of nitrogens with one attached hydrogen (secondary N) is 1. The summed E-state index contributed by atoms with van der Waals surface area (Å²) in [5, 5.41) is 11.4. The van der Waals surface area contributed by atoms with Gasteiger partial charge in [0.25, 0.3) is 0 Å². The zero-order valence-electron chi connectivity index (χ0n) is 12.0. The number of rotatable bonds is 4. The van der Waals surface area contributed by atoms with E-state index in [0.29, 0.717) is 0 Å². The standard InChI is InChI=1S/C12H20F3N3O3/c1-8(2)9(10(19)20)16-11(21)18-5-3-17(4-6-18)7-12(13,14)15/h8-9H,3-7H2,1-2H3,(H,16,21)(H,19,20). The molecule has 2 amide bonds. The van der Waals surface area contributed by atoms with E-state index in [2.05, 4.69) is 5.32 Å². The van der Waals surface area contributed by atoms with E-state index in [4.69, 9.17) is 5.11 Å². The van der Waals surface area contributed by atoms with Crippen molar-refractivity contribution in [2.45, 2.75) is 26.1 Å². The molecule has 122 valence electrons. The molecular formula is C12H20F3N3O3. The second-order valence-electron chi connectivity index (χ2n) is 5.39. The summed E-state index contributed by atoms with van der Waals surface area (Å²) < 4.78 is 36.7. The Morgan fingerprint density at radius 1 is 1.19 bits per heavy atom. The van der Waals surface area contributed by atoms with Crippen molar-refractivity contribution in [2.24, 2.45) is 5.92 Å². The van der Waals surface area contributed by atoms with Crippen LogP contribution in [-0.2, 0) is 4.79 Å². The Morgan fingerprint density at radius 2 is 1.71 bits per heavy atom. The quantitative estimate of drug-likeness (QED) is 0.812. The number of hydrogen-bond acceptors (Lipinski definition) is 3. The number of aliphatic carboxylic acids is 1. The van der Waals surface area contributed by atoms with Crippen LogP contribution in [0.5, 0.6) is 0 Å². The number of piperazine rings is 1. The molecule has 21 heavy (non-hydrogen) atoms. The molecule has 1 aliphatic heterocycles. The third-order valence-corrected chi connectivity index (χ3v) is 3.27. The van der Waals surface area contributed by atoms with Crippen molar-refractivity contribution in [1.29, 1.82) is 0 Å². The first-order valence-corrected chi connectivity index (χ1v) is 6.67. The number of halogens is 3. The molecule has 1 saturated heterocycles. The van der Waals surface area contributed by atoms with Gasteiger partial charge in [-0.1, -0.05) is 13.8 Å². The average molecular weight is 311 g/mol. The van der Waals surface area contributed by atoms with Crippen molar-refractivity contribution >= 4 is 12.0 Å². The number of carboxylic acids is 1. The van der Waals surface area contributed by atoms with Gasteiger partial charge in [0.05, 0.1) is 6.54 Å². The highest BCUT2D eigenvalue weighted by Crippen LogP contribution is 2.17. The topological polar surface area (TPSA) is 72.9 Å². The molecule has 1 fully saturated rings. The number of alkyl halides is 3. The third-order valence-electron chi connectivity index (χ3n) is 3.27. The molecule has 0 bridgehead atoms. The summed E-state index contributed by atoms with van der Waals surface area (Å²) in [7, 11) is 0. The lowest BCUT2D eigenvalue weighted by Gasteiger charge is -2.35. The van der Waals surface area contributed by atoms with Gasteiger partial charge in [-0.2, -0.15) is 13.2 Å². The number of carbonyl (C=O) groups excluding carboxylic acids is 1. The average Bonchev–Trinajstić information content (AvgIpc) is 2.33. The number of carboxylic acid groups (broad SMARTS) is 1. The van der Waals surface area contributed by atoms with Crippen LogP contribution in [-0.4, -0.2) is 71.8 Å². The van der Waals surface area contributed by atoms with Crippen molar-refractivity contribution in [3.05, 3.63) is 0 Å². The number of carbonyl (C=O) groups is 2. The van der Waals surface area contributed by atoms with Gasteiger partial charge < -0.3 is 15.3 Å². The van der Waals surface area contributed by atoms with E-state index in [1.807, 2.05) is 0 Å². The lowest BCUT2D eigenvalue weighted by molar-refractivity contribution is -0.148. The highest BCUT2D eigenvalue weighted by atomic mass is 19.4. The molecule has 2 N–H and O–H groups in total. The van der Waals surface area contributed by atoms with Gasteiger partial charge in [0, 0.05) is 26.2 Å². The zero-order valence-corrected chi connectivity index (χ0v) is 12.0. The van der Waals surface area contributed by atoms with Crippen LogP contribution in [0, 0.1) is 5.92 Å². The predicted octanol–water partition coefficient (Wildman–Crippen LogP) is 0.985. The summed E-state index contributed by atoms with van der Waals surface area (Å²) in [5.41, 5.74) is 0. The Labute approximate surface area is 120 Å². The first-order valence-electron chi connectivity index (χ1n) is 6.67. The lowest BCUT2D eigenvalue weighted by Crippen LogP contribution is -2.56. The number of amides is 2. The van der Waals surface area contributed by atoms with E-state index in [-0.39, 0.29) is 32.1 Å². The van der Waals surface area contributed by atoms with E-state index in [1.165, 1.54) is 9.80 Å². The summed E-state index contributed by atoms with van der Waals surface area (Å²) in [6.07, 6.45) is -4.25. The van der Waals surface area contributed by atoms with E-state index in [9.17, 15) is 22.8 Å². The number of nitrogens with zero attached hydrogens (tertiary/aromatic N) is 2. The van der Waals surface area contributed by atoms with Crippen molar-refractivity contribution in [3.8, 4) is 0 Å². The molecule has 0 saturated carbocycles. The van der Waals surface area contributed by atoms with Crippen LogP contribution in [0.15, 0.2) is 0 Å². The highest BCUT2D eigenvalue weighted by Gasteiger charge is 2.33. The first kappa shape index (κ1) is 17.5. The van der Waals surface area contributed by atoms with E-state index < -0.39 is 30.8 Å². The second-order valence-corrected chi connectivity index (χ2v) is 5.39. The Hall–Kier alpha value is -1.51. The van der Waals surface area contributed by atoms with Gasteiger partial charge >= 0.3 is 18.2 Å². The number of hydrogen-bond donors (Lipinski definition) is 2. The highest BCUT2D eigenvalue weighted by molar-refractivity contribution is 5.82. The van der Waals surface area contributed by atoms with Crippen LogP contribution >= 0.6 is 0 Å². The van der Waals surface area contributed by atoms with Crippen LogP contribution in [0.4, 0.5) is 18.0 Å². The van der Waals surface area contributed by atoms with Crippen LogP contribution in [0.2, 0.25) is 0 Å². The minimum absolute atomic E-state index is 0.117. The molecule has 1 heterocycles. The SMILES string of the molecule is CC(C)C(NC(=O)N1CCN(CC(F)(F)F)CC1)C(=O)O. The van der Waals surface area contributed by atoms with Gasteiger partial charge in [-0.15, -0.1) is 0 Å². The Bertz CT molecular complexity index is 380. The fourth-order valence-corrected chi connectivity index (χ4v) is 2.10. The normalized spacial score (nSPS) is 18.7. The summed E-state index contributed by atoms with van der Waals surface area (Å²) in [6, 6.07) is -1.56. The summed E-state index contributed by atoms with van der Waals surface area (Å²) >= 11 is 0. The maximum Gasteiger partial charge on any atom is 0.401 e. The minimum Gasteiger partial charge on any atom is -0.480 e. The number of urea groups is 1. The van der Waals surface area contributed by atoms with Crippen molar-refractivity contribution < 1.29 is 27.9 Å². The smallest absolute Gasteiger partial charge is 0.401 e. The molecule has 0 aliphatic carbocycles. The molecule has 1 atom stereocenters. The molecule has 6 nitrogen and oxygen atoms in total. The molecule has 1 aliphatic rings. The fourth-order valence-electron chi connectivity index (χ4n) is 2.10. The van der Waals surface area contributed by atoms with Gasteiger partial charge in [-0.3, -0.25) is 4.90 Å². The van der Waals surface area contributed by atoms with E-state index >= 15 is 0 Å². The second kappa shape index (κ2) is 6.97. The molecule has 9 heteroatoms. The van der Waals surface area contributed by atoms with E-state index in [0.717, 1.165) is 0 Å². The summed E-state index contributed by atoms with van der Waals surface area (Å²) in [5.74, 6) is -1.41. The Balaban J connectivity index is 2.46. The van der Waals surface area contributed by atoms with Crippen LogP contribution in [0.3, 0.4) is 0 Å². The zero-order chi connectivity index (χ0) is 16.2. The molecule has 0 aromatic heterocycles. The monoisotopic (exact) mass is 311 g/mol. The molecule has 0 spiro atoms. The molecule has 0 aromatic rings. The third kappa shape index (κ3) is 5.78. The fraction of sp³-hybridized carbons (Fsp3) is 0.833. The Morgan fingerprint density at radius 3 is 2.10 bits per heavy atom. The predicted molar refractivity (Wildman–Crippen MR) is 68.9 cm³/mol. The maximum atomic E-state index is 12.2. The van der Waals surface area contributed by atoms with E-state index in [1.54, 1.807) is 13.8 Å².